The number of benzene rings is 2. The van der Waals surface area contributed by atoms with Gasteiger partial charge in [0.15, 0.2) is 0 Å². The largest absolute Gasteiger partial charge is 0.507 e. The van der Waals surface area contributed by atoms with E-state index in [0.717, 1.165) is 24.1 Å². The third-order valence-corrected chi connectivity index (χ3v) is 4.57. The molecule has 0 fully saturated rings. The molecule has 6 heteroatoms. The maximum Gasteiger partial charge on any atom is 0.251 e. The van der Waals surface area contributed by atoms with Crippen LogP contribution >= 0.6 is 15.9 Å². The molecule has 138 valence electrons. The number of phenolic OH excluding ortho intramolecular Hbond substituents is 1. The van der Waals surface area contributed by atoms with Gasteiger partial charge in [0.2, 0.25) is 0 Å². The molecule has 0 atom stereocenters. The lowest BCUT2D eigenvalue weighted by molar-refractivity contribution is 0.0949. The average molecular weight is 418 g/mol. The zero-order valence-electron chi connectivity index (χ0n) is 15.1. The van der Waals surface area contributed by atoms with Crippen LogP contribution in [-0.2, 0) is 0 Å². The maximum atomic E-state index is 12.2. The molecule has 0 saturated carbocycles. The van der Waals surface area contributed by atoms with Gasteiger partial charge in [-0.2, -0.15) is 0 Å². The number of aliphatic imine (C=N–C) groups is 1. The van der Waals surface area contributed by atoms with Crippen LogP contribution in [0.2, 0.25) is 0 Å². The Morgan fingerprint density at radius 1 is 1.19 bits per heavy atom. The van der Waals surface area contributed by atoms with Gasteiger partial charge < -0.3 is 15.3 Å². The molecule has 1 amide bonds. The van der Waals surface area contributed by atoms with Crippen molar-refractivity contribution in [3.63, 3.8) is 0 Å². The van der Waals surface area contributed by atoms with E-state index in [1.54, 1.807) is 48.7 Å². The van der Waals surface area contributed by atoms with Crippen molar-refractivity contribution in [1.82, 2.24) is 10.2 Å². The summed E-state index contributed by atoms with van der Waals surface area (Å²) in [5.74, 6) is 0.0819. The molecule has 0 aliphatic rings. The van der Waals surface area contributed by atoms with Gasteiger partial charge in [-0.3, -0.25) is 9.79 Å². The lowest BCUT2D eigenvalue weighted by atomic mass is 10.2. The van der Waals surface area contributed by atoms with Crippen LogP contribution in [0.1, 0.15) is 29.8 Å². The Kier molecular flexibility index (Phi) is 7.81. The number of rotatable bonds is 8. The average Bonchev–Trinajstić information content (AvgIpc) is 2.66. The summed E-state index contributed by atoms with van der Waals surface area (Å²) in [4.78, 5) is 18.8. The fourth-order valence-corrected chi connectivity index (χ4v) is 2.82. The summed E-state index contributed by atoms with van der Waals surface area (Å²) in [5.41, 5.74) is 1.94. The minimum Gasteiger partial charge on any atom is -0.507 e. The minimum atomic E-state index is -0.0858. The van der Waals surface area contributed by atoms with E-state index in [2.05, 4.69) is 45.0 Å². The standard InChI is InChI=1S/C20H24BrN3O2/c1-3-24(4-2)12-11-22-20(26)15-5-8-18(9-6-15)23-14-16-13-17(21)7-10-19(16)25/h5-10,13-14,25H,3-4,11-12H2,1-2H3,(H,22,26). The Labute approximate surface area is 162 Å². The van der Waals surface area contributed by atoms with Crippen molar-refractivity contribution in [1.29, 1.82) is 0 Å². The normalized spacial score (nSPS) is 11.2. The Bertz CT molecular complexity index is 756. The second-order valence-corrected chi connectivity index (χ2v) is 6.71. The van der Waals surface area contributed by atoms with Gasteiger partial charge in [-0.25, -0.2) is 0 Å². The molecule has 5 nitrogen and oxygen atoms in total. The fourth-order valence-electron chi connectivity index (χ4n) is 2.44. The number of hydrogen-bond donors (Lipinski definition) is 2. The predicted molar refractivity (Wildman–Crippen MR) is 110 cm³/mol. The predicted octanol–water partition coefficient (Wildman–Crippen LogP) is 3.98. The topological polar surface area (TPSA) is 64.9 Å². The van der Waals surface area contributed by atoms with Crippen LogP contribution < -0.4 is 5.32 Å². The SMILES string of the molecule is CCN(CC)CCNC(=O)c1ccc(N=Cc2cc(Br)ccc2O)cc1. The highest BCUT2D eigenvalue weighted by molar-refractivity contribution is 9.10. The van der Waals surface area contributed by atoms with Crippen LogP contribution in [0.3, 0.4) is 0 Å². The Hall–Kier alpha value is -2.18. The third kappa shape index (κ3) is 5.97. The number of carbonyl (C=O) groups is 1. The quantitative estimate of drug-likeness (QED) is 0.638. The summed E-state index contributed by atoms with van der Waals surface area (Å²) in [7, 11) is 0. The first-order valence-electron chi connectivity index (χ1n) is 8.66. The molecule has 0 spiro atoms. The zero-order valence-corrected chi connectivity index (χ0v) is 16.7. The lowest BCUT2D eigenvalue weighted by Gasteiger charge is -2.17. The second-order valence-electron chi connectivity index (χ2n) is 5.79. The first kappa shape index (κ1) is 20.1. The van der Waals surface area contributed by atoms with E-state index in [0.29, 0.717) is 23.4 Å². The van der Waals surface area contributed by atoms with Crippen LogP contribution in [0.4, 0.5) is 5.69 Å². The summed E-state index contributed by atoms with van der Waals surface area (Å²) >= 11 is 3.37. The summed E-state index contributed by atoms with van der Waals surface area (Å²) in [6, 6.07) is 12.2. The molecule has 2 N–H and O–H groups in total. The zero-order chi connectivity index (χ0) is 18.9. The van der Waals surface area contributed by atoms with Gasteiger partial charge in [0.25, 0.3) is 5.91 Å². The molecule has 0 aliphatic heterocycles. The van der Waals surface area contributed by atoms with Crippen LogP contribution in [0.5, 0.6) is 5.75 Å². The van der Waals surface area contributed by atoms with E-state index in [1.165, 1.54) is 0 Å². The molecule has 0 aromatic heterocycles. The lowest BCUT2D eigenvalue weighted by Crippen LogP contribution is -2.34. The number of nitrogens with one attached hydrogen (secondary N) is 1. The molecule has 0 unspecified atom stereocenters. The van der Waals surface area contributed by atoms with E-state index < -0.39 is 0 Å². The maximum absolute atomic E-state index is 12.2. The molecule has 2 rings (SSSR count). The van der Waals surface area contributed by atoms with Gasteiger partial charge >= 0.3 is 0 Å². The summed E-state index contributed by atoms with van der Waals surface area (Å²) < 4.78 is 0.869. The van der Waals surface area contributed by atoms with Gasteiger partial charge in [0.05, 0.1) is 5.69 Å². The Morgan fingerprint density at radius 3 is 2.54 bits per heavy atom. The molecule has 0 radical (unpaired) electrons. The number of aromatic hydroxyl groups is 1. The molecule has 0 heterocycles. The smallest absolute Gasteiger partial charge is 0.251 e. The van der Waals surface area contributed by atoms with Gasteiger partial charge in [0, 0.05) is 34.9 Å². The van der Waals surface area contributed by atoms with Crippen LogP contribution in [0.25, 0.3) is 0 Å². The van der Waals surface area contributed by atoms with Crippen molar-refractivity contribution in [2.45, 2.75) is 13.8 Å². The number of halogens is 1. The van der Waals surface area contributed by atoms with Crippen LogP contribution in [0.15, 0.2) is 51.9 Å². The van der Waals surface area contributed by atoms with Crippen molar-refractivity contribution in [2.75, 3.05) is 26.2 Å². The number of likely N-dealkylation sites (N-methyl/N-ethyl adjacent to an activating group) is 1. The van der Waals surface area contributed by atoms with Gasteiger partial charge in [-0.1, -0.05) is 29.8 Å². The van der Waals surface area contributed by atoms with E-state index in [9.17, 15) is 9.90 Å². The van der Waals surface area contributed by atoms with Crippen LogP contribution in [-0.4, -0.2) is 48.3 Å². The second kappa shape index (κ2) is 10.1. The molecular weight excluding hydrogens is 394 g/mol. The van der Waals surface area contributed by atoms with Gasteiger partial charge in [0.1, 0.15) is 5.75 Å². The number of amides is 1. The summed E-state index contributed by atoms with van der Waals surface area (Å²) in [5, 5.41) is 12.8. The highest BCUT2D eigenvalue weighted by atomic mass is 79.9. The molecule has 26 heavy (non-hydrogen) atoms. The van der Waals surface area contributed by atoms with E-state index in [1.807, 2.05) is 0 Å². The number of phenols is 1. The minimum absolute atomic E-state index is 0.0858. The number of carbonyl (C=O) groups excluding carboxylic acids is 1. The Balaban J connectivity index is 1.94. The van der Waals surface area contributed by atoms with Gasteiger partial charge in [-0.15, -0.1) is 0 Å². The van der Waals surface area contributed by atoms with Crippen molar-refractivity contribution < 1.29 is 9.90 Å². The van der Waals surface area contributed by atoms with Crippen molar-refractivity contribution in [2.24, 2.45) is 4.99 Å². The molecule has 2 aromatic rings. The summed E-state index contributed by atoms with van der Waals surface area (Å²) in [6.45, 7) is 7.65. The van der Waals surface area contributed by atoms with Crippen LogP contribution in [0, 0.1) is 0 Å². The van der Waals surface area contributed by atoms with Crippen molar-refractivity contribution >= 4 is 33.7 Å². The highest BCUT2D eigenvalue weighted by Gasteiger charge is 2.06. The van der Waals surface area contributed by atoms with Gasteiger partial charge in [-0.05, 0) is 55.6 Å². The van der Waals surface area contributed by atoms with E-state index in [4.69, 9.17) is 0 Å². The molecule has 0 bridgehead atoms. The number of hydrogen-bond acceptors (Lipinski definition) is 4. The highest BCUT2D eigenvalue weighted by Crippen LogP contribution is 2.21. The molecule has 2 aromatic carbocycles. The van der Waals surface area contributed by atoms with Crippen molar-refractivity contribution in [3.05, 3.63) is 58.1 Å². The van der Waals surface area contributed by atoms with E-state index in [-0.39, 0.29) is 11.7 Å². The first-order valence-corrected chi connectivity index (χ1v) is 9.46. The monoisotopic (exact) mass is 417 g/mol. The third-order valence-electron chi connectivity index (χ3n) is 4.08. The summed E-state index contributed by atoms with van der Waals surface area (Å²) in [6.07, 6.45) is 1.60. The molecule has 0 saturated heterocycles. The Morgan fingerprint density at radius 2 is 1.88 bits per heavy atom. The molecule has 0 aliphatic carbocycles. The molecular formula is C20H24BrN3O2. The fraction of sp³-hybridized carbons (Fsp3) is 0.300. The number of nitrogens with zero attached hydrogens (tertiary/aromatic N) is 2. The van der Waals surface area contributed by atoms with E-state index >= 15 is 0 Å². The van der Waals surface area contributed by atoms with Crippen molar-refractivity contribution in [3.8, 4) is 5.75 Å². The first-order chi connectivity index (χ1) is 12.5.